The molecule has 0 spiro atoms. The number of rotatable bonds is 44. The summed E-state index contributed by atoms with van der Waals surface area (Å²) in [4.78, 5) is 96.8. The average Bonchev–Trinajstić information content (AvgIpc) is 3.82. The number of benzene rings is 2. The zero-order valence-corrected chi connectivity index (χ0v) is 49.2. The second-order valence-corrected chi connectivity index (χ2v) is 22.2. The largest absolute Gasteiger partial charge is 0.449 e. The maximum absolute atomic E-state index is 14.5. The molecule has 2 aromatic rings. The van der Waals surface area contributed by atoms with Crippen molar-refractivity contribution < 1.29 is 43.4 Å². The highest BCUT2D eigenvalue weighted by Crippen LogP contribution is 2.44. The molecule has 0 saturated heterocycles. The monoisotopic (exact) mass is 1130 g/mol. The van der Waals surface area contributed by atoms with Crippen LogP contribution in [-0.2, 0) is 33.5 Å². The lowest BCUT2D eigenvalue weighted by Gasteiger charge is -2.28. The summed E-state index contributed by atoms with van der Waals surface area (Å²) >= 11 is 0. The van der Waals surface area contributed by atoms with Gasteiger partial charge in [0, 0.05) is 12.5 Å². The summed E-state index contributed by atoms with van der Waals surface area (Å²) in [5.74, 6) is -4.43. The molecule has 0 radical (unpaired) electrons. The van der Waals surface area contributed by atoms with Gasteiger partial charge in [-0.2, -0.15) is 0 Å². The molecule has 0 bridgehead atoms. The third kappa shape index (κ3) is 26.6. The second kappa shape index (κ2) is 40.1. The van der Waals surface area contributed by atoms with Gasteiger partial charge in [-0.15, -0.1) is 0 Å². The molecule has 0 fully saturated rings. The Balaban J connectivity index is 1.80. The number of guanidine groups is 1. The summed E-state index contributed by atoms with van der Waals surface area (Å²) < 4.78 is 5.91. The minimum atomic E-state index is -1.21. The smallest absolute Gasteiger partial charge is 0.407 e. The van der Waals surface area contributed by atoms with Crippen molar-refractivity contribution in [2.75, 3.05) is 32.8 Å². The van der Waals surface area contributed by atoms with Gasteiger partial charge in [0.15, 0.2) is 11.7 Å². The van der Waals surface area contributed by atoms with Gasteiger partial charge in [-0.3, -0.25) is 34.2 Å². The molecule has 0 aromatic heterocycles. The first-order chi connectivity index (χ1) is 39.0. The van der Waals surface area contributed by atoms with E-state index < -0.39 is 84.3 Å². The highest BCUT2D eigenvalue weighted by molar-refractivity contribution is 5.97. The lowest BCUT2D eigenvalue weighted by molar-refractivity contribution is -0.135. The number of carbonyl (C=O) groups excluding carboxylic acids is 7. The molecule has 20 nitrogen and oxygen atoms in total. The zero-order chi connectivity index (χ0) is 59.4. The van der Waals surface area contributed by atoms with Gasteiger partial charge in [0.05, 0.1) is 6.61 Å². The van der Waals surface area contributed by atoms with Gasteiger partial charge >= 0.3 is 6.09 Å². The standard InChI is InChI=1S/C61H101N11O9/c1-5-6-7-8-9-10-11-12-13-14-15-16-17-18-32-52(72-61(80)81-41-48-46-30-21-19-28-44(46)45-29-20-22-31-47(45)48)58(78)68-49(33-23-25-36-62)55(75)67-50(34-24-26-37-63)56(76)70-53(39-42(2)3)59(79)69-51(35-27-38-66-60(64)65)57(77)71-54(40-73)43(4)74/h19-22,28-31,42,48-54,73H,5-18,23-27,32-41,62-63H2,1-4H3,(H,67,75)(H,68,78)(H,69,79)(H,70,76)(H,71,77)(H,72,80)(H4,64,65,66)/t49-,50-,51-,52?,53-,54-/m0/s1. The van der Waals surface area contributed by atoms with Crippen LogP contribution >= 0.6 is 0 Å². The maximum atomic E-state index is 14.5. The van der Waals surface area contributed by atoms with Crippen molar-refractivity contribution in [3.8, 4) is 11.1 Å². The molecule has 6 amide bonds. The molecule has 1 aliphatic rings. The molecule has 0 saturated carbocycles. The van der Waals surface area contributed by atoms with E-state index in [2.05, 4.69) is 56.3 Å². The van der Waals surface area contributed by atoms with Crippen LogP contribution in [0.25, 0.3) is 11.1 Å². The molecular weight excluding hydrogens is 1030 g/mol. The molecule has 6 atom stereocenters. The van der Waals surface area contributed by atoms with E-state index in [-0.39, 0.29) is 63.1 Å². The number of alkyl carbamates (subject to hydrolysis) is 1. The van der Waals surface area contributed by atoms with Crippen LogP contribution in [0.1, 0.15) is 199 Å². The first-order valence-electron chi connectivity index (χ1n) is 30.3. The number of hydrogen-bond donors (Lipinski definition) is 12. The number of unbranched alkanes of at least 4 members (excludes halogenated alkanes) is 15. The van der Waals surface area contributed by atoms with Crippen LogP contribution in [-0.4, -0.2) is 122 Å². The summed E-state index contributed by atoms with van der Waals surface area (Å²) in [6.07, 6.45) is 18.5. The number of ketones is 1. The fourth-order valence-corrected chi connectivity index (χ4v) is 10.3. The molecule has 454 valence electrons. The number of ether oxygens (including phenoxy) is 1. The molecule has 2 aromatic carbocycles. The zero-order valence-electron chi connectivity index (χ0n) is 49.2. The first-order valence-corrected chi connectivity index (χ1v) is 30.3. The summed E-state index contributed by atoms with van der Waals surface area (Å²) in [6.45, 7) is 7.41. The van der Waals surface area contributed by atoms with Crippen LogP contribution < -0.4 is 54.4 Å². The molecule has 0 aliphatic heterocycles. The van der Waals surface area contributed by atoms with E-state index in [9.17, 15) is 38.7 Å². The van der Waals surface area contributed by atoms with Crippen LogP contribution in [0, 0.1) is 11.3 Å². The Morgan fingerprint density at radius 2 is 0.901 bits per heavy atom. The van der Waals surface area contributed by atoms with Crippen LogP contribution in [0.3, 0.4) is 0 Å². The number of Topliss-reactive ketones (excluding diaryl/α,β-unsaturated/α-hetero) is 1. The van der Waals surface area contributed by atoms with E-state index in [0.717, 1.165) is 47.9 Å². The summed E-state index contributed by atoms with van der Waals surface area (Å²) in [6, 6.07) is 9.10. The average molecular weight is 1130 g/mol. The van der Waals surface area contributed by atoms with Crippen molar-refractivity contribution in [3.63, 3.8) is 0 Å². The quantitative estimate of drug-likeness (QED) is 0.0196. The third-order valence-corrected chi connectivity index (χ3v) is 14.9. The van der Waals surface area contributed by atoms with Gasteiger partial charge in [-0.1, -0.05) is 159 Å². The van der Waals surface area contributed by atoms with Gasteiger partial charge in [0.2, 0.25) is 29.5 Å². The molecule has 20 heteroatoms. The molecule has 15 N–H and O–H groups in total. The second-order valence-electron chi connectivity index (χ2n) is 22.2. The summed E-state index contributed by atoms with van der Waals surface area (Å²) in [7, 11) is 0. The van der Waals surface area contributed by atoms with E-state index in [4.69, 9.17) is 27.3 Å². The fraction of sp³-hybridized carbons (Fsp3) is 0.672. The van der Waals surface area contributed by atoms with Crippen molar-refractivity contribution in [2.45, 2.75) is 224 Å². The molecular formula is C61H101N11O9. The molecule has 1 unspecified atom stereocenters. The number of hydrogen-bond acceptors (Lipinski definition) is 12. The van der Waals surface area contributed by atoms with Crippen molar-refractivity contribution in [2.24, 2.45) is 23.1 Å². The van der Waals surface area contributed by atoms with Gasteiger partial charge < -0.3 is 64.3 Å². The number of nitrogens with one attached hydrogen (secondary N) is 8. The Kier molecular flexibility index (Phi) is 34.3. The molecule has 81 heavy (non-hydrogen) atoms. The van der Waals surface area contributed by atoms with E-state index >= 15 is 0 Å². The fourth-order valence-electron chi connectivity index (χ4n) is 10.3. The summed E-state index contributed by atoms with van der Waals surface area (Å²) in [5.41, 5.74) is 21.4. The Morgan fingerprint density at radius 3 is 1.31 bits per heavy atom. The van der Waals surface area contributed by atoms with E-state index in [1.807, 2.05) is 50.2 Å². The number of carbonyl (C=O) groups is 7. The Bertz CT molecular complexity index is 2190. The van der Waals surface area contributed by atoms with Crippen molar-refractivity contribution >= 4 is 47.4 Å². The predicted molar refractivity (Wildman–Crippen MR) is 319 cm³/mol. The number of fused-ring (bicyclic) bond motifs is 3. The Labute approximate surface area is 482 Å². The van der Waals surface area contributed by atoms with Crippen LogP contribution in [0.5, 0.6) is 0 Å². The minimum Gasteiger partial charge on any atom is -0.449 e. The van der Waals surface area contributed by atoms with Crippen molar-refractivity contribution in [1.82, 2.24) is 37.2 Å². The molecule has 1 aliphatic carbocycles. The number of aliphatic hydroxyl groups is 1. The number of aliphatic hydroxyl groups excluding tert-OH is 1. The first kappa shape index (κ1) is 69.2. The Morgan fingerprint density at radius 1 is 0.531 bits per heavy atom. The SMILES string of the molecule is CCCCCCCCCCCCCCCCC(NC(=O)OCC1c2ccccc2-c2ccccc21)C(=O)N[C@@H](CCCCN)C(=O)N[C@@H](CCCCN)C(=O)N[C@@H](CC(C)C)C(=O)N[C@@H](CCCNC(=N)N)C(=O)N[C@@H](CO)C(C)=O. The van der Waals surface area contributed by atoms with E-state index in [1.165, 1.54) is 64.7 Å². The van der Waals surface area contributed by atoms with Crippen LogP contribution in [0.15, 0.2) is 48.5 Å². The van der Waals surface area contributed by atoms with Crippen LogP contribution in [0.2, 0.25) is 0 Å². The summed E-state index contributed by atoms with van der Waals surface area (Å²) in [5, 5.41) is 36.5. The van der Waals surface area contributed by atoms with Gasteiger partial charge in [0.25, 0.3) is 0 Å². The van der Waals surface area contributed by atoms with Gasteiger partial charge in [-0.05, 0) is 112 Å². The lowest BCUT2D eigenvalue weighted by atomic mass is 9.98. The minimum absolute atomic E-state index is 0.0481. The normalized spacial score (nSPS) is 14.0. The predicted octanol–water partition coefficient (Wildman–Crippen LogP) is 6.34. The molecule has 3 rings (SSSR count). The van der Waals surface area contributed by atoms with E-state index in [0.29, 0.717) is 51.6 Å². The van der Waals surface area contributed by atoms with E-state index in [1.54, 1.807) is 0 Å². The topological polar surface area (TPSA) is 335 Å². The maximum Gasteiger partial charge on any atom is 0.407 e. The molecule has 0 heterocycles. The number of nitrogens with two attached hydrogens (primary N) is 3. The van der Waals surface area contributed by atoms with Crippen molar-refractivity contribution in [1.29, 1.82) is 5.41 Å². The lowest BCUT2D eigenvalue weighted by Crippen LogP contribution is -2.59. The third-order valence-electron chi connectivity index (χ3n) is 14.9. The Hall–Kier alpha value is -6.12. The van der Waals surface area contributed by atoms with Crippen LogP contribution in [0.4, 0.5) is 4.79 Å². The van der Waals surface area contributed by atoms with Gasteiger partial charge in [-0.25, -0.2) is 4.79 Å². The highest BCUT2D eigenvalue weighted by Gasteiger charge is 2.34. The number of amides is 6. The van der Waals surface area contributed by atoms with Gasteiger partial charge in [0.1, 0.15) is 42.9 Å². The van der Waals surface area contributed by atoms with Crippen molar-refractivity contribution in [3.05, 3.63) is 59.7 Å². The highest BCUT2D eigenvalue weighted by atomic mass is 16.5.